The monoisotopic (exact) mass is 280 g/mol. The summed E-state index contributed by atoms with van der Waals surface area (Å²) in [5.74, 6) is 0.703. The van der Waals surface area contributed by atoms with Crippen molar-refractivity contribution in [1.82, 2.24) is 9.97 Å². The number of aryl methyl sites for hydroxylation is 2. The van der Waals surface area contributed by atoms with Gasteiger partial charge in [0.1, 0.15) is 16.1 Å². The molecular weight excluding hydrogens is 268 g/mol. The van der Waals surface area contributed by atoms with Gasteiger partial charge in [0.25, 0.3) is 0 Å². The maximum absolute atomic E-state index is 6.02. The van der Waals surface area contributed by atoms with Crippen LogP contribution in [0, 0.1) is 18.5 Å². The first-order valence-electron chi connectivity index (χ1n) is 5.44. The average Bonchev–Trinajstić information content (AvgIpc) is 2.34. The quantitative estimate of drug-likeness (QED) is 0.842. The molecular formula is C13H13ClN2OS. The Balaban J connectivity index is 2.72. The number of aromatic nitrogens is 2. The van der Waals surface area contributed by atoms with Gasteiger partial charge in [-0.3, -0.25) is 0 Å². The molecule has 1 aromatic carbocycles. The standard InChI is InChI=1S/C13H13ClN2OS/c1-7-8(2)16-13(18)12(15-7)10-6-9(14)4-5-11(10)17-3/h4-6H,1-3H3,(H,16,18). The largest absolute Gasteiger partial charge is 0.496 e. The highest BCUT2D eigenvalue weighted by Gasteiger charge is 2.11. The van der Waals surface area contributed by atoms with Crippen molar-refractivity contribution in [1.29, 1.82) is 0 Å². The molecule has 0 fully saturated rings. The van der Waals surface area contributed by atoms with Crippen LogP contribution < -0.4 is 4.74 Å². The Morgan fingerprint density at radius 3 is 2.72 bits per heavy atom. The lowest BCUT2D eigenvalue weighted by Gasteiger charge is -2.10. The van der Waals surface area contributed by atoms with E-state index >= 15 is 0 Å². The molecule has 0 saturated carbocycles. The highest BCUT2D eigenvalue weighted by molar-refractivity contribution is 7.71. The van der Waals surface area contributed by atoms with Crippen molar-refractivity contribution in [3.63, 3.8) is 0 Å². The molecule has 0 aliphatic rings. The summed E-state index contributed by atoms with van der Waals surface area (Å²) in [4.78, 5) is 7.65. The third kappa shape index (κ3) is 2.40. The van der Waals surface area contributed by atoms with Gasteiger partial charge in [0.05, 0.1) is 12.8 Å². The van der Waals surface area contributed by atoms with E-state index in [1.807, 2.05) is 19.9 Å². The van der Waals surface area contributed by atoms with E-state index in [1.54, 1.807) is 19.2 Å². The number of hydrogen-bond donors (Lipinski definition) is 1. The van der Waals surface area contributed by atoms with Crippen LogP contribution in [0.2, 0.25) is 5.02 Å². The number of H-pyrrole nitrogens is 1. The second-order valence-corrected chi connectivity index (χ2v) is 4.81. The van der Waals surface area contributed by atoms with Gasteiger partial charge in [-0.1, -0.05) is 23.8 Å². The normalized spacial score (nSPS) is 10.4. The number of aromatic amines is 1. The fourth-order valence-corrected chi connectivity index (χ4v) is 2.15. The zero-order valence-corrected chi connectivity index (χ0v) is 11.9. The summed E-state index contributed by atoms with van der Waals surface area (Å²) >= 11 is 11.3. The lowest BCUT2D eigenvalue weighted by molar-refractivity contribution is 0.416. The van der Waals surface area contributed by atoms with Crippen molar-refractivity contribution >= 4 is 23.8 Å². The van der Waals surface area contributed by atoms with Crippen LogP contribution in [0.4, 0.5) is 0 Å². The third-order valence-electron chi connectivity index (χ3n) is 2.75. The molecule has 0 aliphatic heterocycles. The molecule has 2 aromatic rings. The molecule has 0 atom stereocenters. The number of ether oxygens (including phenoxy) is 1. The minimum Gasteiger partial charge on any atom is -0.496 e. The van der Waals surface area contributed by atoms with E-state index in [0.717, 1.165) is 17.0 Å². The van der Waals surface area contributed by atoms with Gasteiger partial charge in [0.2, 0.25) is 0 Å². The van der Waals surface area contributed by atoms with Gasteiger partial charge in [-0.25, -0.2) is 4.98 Å². The Hall–Kier alpha value is -1.39. The van der Waals surface area contributed by atoms with Crippen LogP contribution in [0.3, 0.4) is 0 Å². The molecule has 0 amide bonds. The Morgan fingerprint density at radius 1 is 1.33 bits per heavy atom. The van der Waals surface area contributed by atoms with Crippen molar-refractivity contribution in [3.05, 3.63) is 39.3 Å². The minimum absolute atomic E-state index is 0.582. The van der Waals surface area contributed by atoms with Gasteiger partial charge >= 0.3 is 0 Å². The van der Waals surface area contributed by atoms with Gasteiger partial charge in [0, 0.05) is 16.3 Å². The SMILES string of the molecule is COc1ccc(Cl)cc1-c1nc(C)c(C)[nH]c1=S. The van der Waals surface area contributed by atoms with Gasteiger partial charge in [0.15, 0.2) is 0 Å². The molecule has 1 N–H and O–H groups in total. The number of nitrogens with one attached hydrogen (secondary N) is 1. The van der Waals surface area contributed by atoms with E-state index in [2.05, 4.69) is 9.97 Å². The van der Waals surface area contributed by atoms with Crippen LogP contribution in [0.15, 0.2) is 18.2 Å². The summed E-state index contributed by atoms with van der Waals surface area (Å²) in [7, 11) is 1.61. The Morgan fingerprint density at radius 2 is 2.06 bits per heavy atom. The maximum atomic E-state index is 6.02. The molecule has 0 radical (unpaired) electrons. The first-order valence-corrected chi connectivity index (χ1v) is 6.23. The molecule has 0 bridgehead atoms. The zero-order chi connectivity index (χ0) is 13.3. The summed E-state index contributed by atoms with van der Waals surface area (Å²) < 4.78 is 5.90. The molecule has 94 valence electrons. The highest BCUT2D eigenvalue weighted by Crippen LogP contribution is 2.31. The third-order valence-corrected chi connectivity index (χ3v) is 3.29. The molecule has 2 rings (SSSR count). The van der Waals surface area contributed by atoms with E-state index in [9.17, 15) is 0 Å². The number of benzene rings is 1. The summed E-state index contributed by atoms with van der Waals surface area (Å²) in [6, 6.07) is 5.39. The van der Waals surface area contributed by atoms with Crippen LogP contribution >= 0.6 is 23.8 Å². The van der Waals surface area contributed by atoms with Crippen LogP contribution in [-0.2, 0) is 0 Å². The van der Waals surface area contributed by atoms with E-state index in [1.165, 1.54) is 0 Å². The van der Waals surface area contributed by atoms with Crippen LogP contribution in [0.1, 0.15) is 11.4 Å². The van der Waals surface area contributed by atoms with Crippen LogP contribution in [0.25, 0.3) is 11.3 Å². The van der Waals surface area contributed by atoms with Crippen molar-refractivity contribution < 1.29 is 4.74 Å². The first-order chi connectivity index (χ1) is 8.52. The fourth-order valence-electron chi connectivity index (χ4n) is 1.67. The molecule has 0 spiro atoms. The summed E-state index contributed by atoms with van der Waals surface area (Å²) in [5.41, 5.74) is 3.35. The molecule has 3 nitrogen and oxygen atoms in total. The van der Waals surface area contributed by atoms with Crippen LogP contribution in [-0.4, -0.2) is 17.1 Å². The number of halogens is 1. The molecule has 1 heterocycles. The Kier molecular flexibility index (Phi) is 3.68. The molecule has 0 unspecified atom stereocenters. The lowest BCUT2D eigenvalue weighted by Crippen LogP contribution is -1.98. The van der Waals surface area contributed by atoms with Gasteiger partial charge in [-0.2, -0.15) is 0 Å². The topological polar surface area (TPSA) is 37.9 Å². The Bertz CT molecular complexity index is 652. The van der Waals surface area contributed by atoms with E-state index < -0.39 is 0 Å². The van der Waals surface area contributed by atoms with Gasteiger partial charge in [-0.05, 0) is 32.0 Å². The average molecular weight is 281 g/mol. The van der Waals surface area contributed by atoms with Crippen molar-refractivity contribution in [3.8, 4) is 17.0 Å². The Labute approximate surface area is 116 Å². The predicted octanol–water partition coefficient (Wildman–Crippen LogP) is 4.09. The fraction of sp³-hybridized carbons (Fsp3) is 0.231. The zero-order valence-electron chi connectivity index (χ0n) is 10.4. The second kappa shape index (κ2) is 5.08. The number of methoxy groups -OCH3 is 1. The highest BCUT2D eigenvalue weighted by atomic mass is 35.5. The van der Waals surface area contributed by atoms with Gasteiger partial charge in [-0.15, -0.1) is 0 Å². The summed E-state index contributed by atoms with van der Waals surface area (Å²) in [6.45, 7) is 3.87. The molecule has 0 saturated heterocycles. The van der Waals surface area contributed by atoms with E-state index in [-0.39, 0.29) is 0 Å². The molecule has 5 heteroatoms. The summed E-state index contributed by atoms with van der Waals surface area (Å²) in [5, 5.41) is 0.625. The van der Waals surface area contributed by atoms with Gasteiger partial charge < -0.3 is 9.72 Å². The van der Waals surface area contributed by atoms with Crippen molar-refractivity contribution in [2.24, 2.45) is 0 Å². The molecule has 18 heavy (non-hydrogen) atoms. The van der Waals surface area contributed by atoms with E-state index in [0.29, 0.717) is 21.1 Å². The van der Waals surface area contributed by atoms with Crippen LogP contribution in [0.5, 0.6) is 5.75 Å². The second-order valence-electron chi connectivity index (χ2n) is 3.97. The number of rotatable bonds is 2. The number of hydrogen-bond acceptors (Lipinski definition) is 3. The summed E-state index contributed by atoms with van der Waals surface area (Å²) in [6.07, 6.45) is 0. The van der Waals surface area contributed by atoms with E-state index in [4.69, 9.17) is 28.6 Å². The maximum Gasteiger partial charge on any atom is 0.130 e. The predicted molar refractivity (Wildman–Crippen MR) is 75.9 cm³/mol. The first kappa shape index (κ1) is 13.1. The van der Waals surface area contributed by atoms with Crippen molar-refractivity contribution in [2.75, 3.05) is 7.11 Å². The minimum atomic E-state index is 0.582. The number of nitrogens with zero attached hydrogens (tertiary/aromatic N) is 1. The lowest BCUT2D eigenvalue weighted by atomic mass is 10.1. The van der Waals surface area contributed by atoms with Crippen molar-refractivity contribution in [2.45, 2.75) is 13.8 Å². The molecule has 0 aliphatic carbocycles. The molecule has 1 aromatic heterocycles. The smallest absolute Gasteiger partial charge is 0.130 e.